The molecular weight excluding hydrogens is 197 g/mol. The molecule has 0 amide bonds. The fourth-order valence-electron chi connectivity index (χ4n) is 1.37. The summed E-state index contributed by atoms with van der Waals surface area (Å²) in [7, 11) is 0. The van der Waals surface area contributed by atoms with Crippen LogP contribution < -0.4 is 0 Å². The molecular formula is C11H11FNO2. The Bertz CT molecular complexity index is 390. The van der Waals surface area contributed by atoms with Crippen LogP contribution in [-0.4, -0.2) is 11.6 Å². The van der Waals surface area contributed by atoms with Gasteiger partial charge in [0.25, 0.3) is 5.69 Å². The molecule has 1 atom stereocenters. The van der Waals surface area contributed by atoms with E-state index in [9.17, 15) is 14.5 Å². The average molecular weight is 208 g/mol. The molecule has 0 N–H and O–H groups in total. The van der Waals surface area contributed by atoms with Gasteiger partial charge in [-0.15, -0.1) is 0 Å². The quantitative estimate of drug-likeness (QED) is 0.563. The normalized spacial score (nSPS) is 12.1. The molecule has 79 valence electrons. The molecule has 0 spiro atoms. The summed E-state index contributed by atoms with van der Waals surface area (Å²) < 4.78 is 12.4. The Kier molecular flexibility index (Phi) is 3.55. The summed E-state index contributed by atoms with van der Waals surface area (Å²) in [6, 6.07) is 4.72. The van der Waals surface area contributed by atoms with Gasteiger partial charge in [-0.1, -0.05) is 24.8 Å². The molecule has 1 rings (SSSR count). The van der Waals surface area contributed by atoms with Crippen molar-refractivity contribution in [3.05, 3.63) is 52.9 Å². The number of nitro groups is 1. The average Bonchev–Trinajstić information content (AvgIpc) is 2.26. The summed E-state index contributed by atoms with van der Waals surface area (Å²) in [5, 5.41) is 10.8. The van der Waals surface area contributed by atoms with Crippen LogP contribution in [0.25, 0.3) is 6.08 Å². The van der Waals surface area contributed by atoms with E-state index in [2.05, 4.69) is 13.5 Å². The highest BCUT2D eigenvalue weighted by molar-refractivity contribution is 5.63. The van der Waals surface area contributed by atoms with Crippen molar-refractivity contribution in [1.82, 2.24) is 0 Å². The van der Waals surface area contributed by atoms with Gasteiger partial charge in [-0.25, -0.2) is 0 Å². The molecule has 0 aliphatic rings. The van der Waals surface area contributed by atoms with Crippen molar-refractivity contribution in [1.29, 1.82) is 0 Å². The minimum atomic E-state index is -0.721. The second-order valence-corrected chi connectivity index (χ2v) is 3.10. The van der Waals surface area contributed by atoms with E-state index in [4.69, 9.17) is 0 Å². The van der Waals surface area contributed by atoms with Crippen molar-refractivity contribution in [3.63, 3.8) is 0 Å². The summed E-state index contributed by atoms with van der Waals surface area (Å²) in [6.07, 6.45) is 1.38. The maximum absolute atomic E-state index is 12.4. The van der Waals surface area contributed by atoms with Crippen molar-refractivity contribution >= 4 is 11.8 Å². The molecule has 15 heavy (non-hydrogen) atoms. The van der Waals surface area contributed by atoms with Crippen LogP contribution >= 0.6 is 0 Å². The molecule has 1 aromatic rings. The lowest BCUT2D eigenvalue weighted by Crippen LogP contribution is -2.03. The maximum atomic E-state index is 12.4. The van der Waals surface area contributed by atoms with Gasteiger partial charge in [-0.05, 0) is 13.0 Å². The highest BCUT2D eigenvalue weighted by Crippen LogP contribution is 2.30. The number of nitrogens with zero attached hydrogens (tertiary/aromatic N) is 1. The second-order valence-electron chi connectivity index (χ2n) is 3.10. The lowest BCUT2D eigenvalue weighted by molar-refractivity contribution is -0.385. The van der Waals surface area contributed by atoms with Gasteiger partial charge >= 0.3 is 0 Å². The molecule has 0 fully saturated rings. The summed E-state index contributed by atoms with van der Waals surface area (Å²) in [6.45, 7) is 6.29. The monoisotopic (exact) mass is 208 g/mol. The van der Waals surface area contributed by atoms with Crippen molar-refractivity contribution in [2.24, 2.45) is 0 Å². The Labute approximate surface area is 87.4 Å². The first-order valence-corrected chi connectivity index (χ1v) is 4.40. The van der Waals surface area contributed by atoms with Crippen LogP contribution in [0, 0.1) is 17.0 Å². The van der Waals surface area contributed by atoms with Gasteiger partial charge in [0.2, 0.25) is 0 Å². The fourth-order valence-corrected chi connectivity index (χ4v) is 1.37. The van der Waals surface area contributed by atoms with E-state index in [0.29, 0.717) is 11.1 Å². The Hall–Kier alpha value is -1.71. The molecule has 0 heterocycles. The van der Waals surface area contributed by atoms with E-state index >= 15 is 0 Å². The van der Waals surface area contributed by atoms with Crippen LogP contribution in [0.1, 0.15) is 17.0 Å². The number of para-hydroxylation sites is 1. The highest BCUT2D eigenvalue weighted by atomic mass is 19.1. The first-order valence-electron chi connectivity index (χ1n) is 4.40. The van der Waals surface area contributed by atoms with Crippen molar-refractivity contribution < 1.29 is 9.31 Å². The molecule has 1 unspecified atom stereocenters. The molecule has 1 aromatic carbocycles. The van der Waals surface area contributed by atoms with Crippen LogP contribution in [0.2, 0.25) is 0 Å². The predicted octanol–water partition coefficient (Wildman–Crippen LogP) is 3.12. The van der Waals surface area contributed by atoms with E-state index in [1.807, 2.05) is 0 Å². The zero-order valence-corrected chi connectivity index (χ0v) is 8.15. The summed E-state index contributed by atoms with van der Waals surface area (Å²) >= 11 is 0. The van der Waals surface area contributed by atoms with Crippen molar-refractivity contribution in [3.8, 4) is 0 Å². The number of benzene rings is 1. The molecule has 0 aliphatic heterocycles. The number of hydrogen-bond acceptors (Lipinski definition) is 2. The number of halogens is 1. The number of nitro benzene ring substituents is 1. The standard InChI is InChI=1S/C11H11FNO2/c1-3-9-5-4-6-10(8(2)7-12)11(9)13(14)15/h3-6,8H,1-2,7H2. The molecule has 0 aromatic heterocycles. The molecule has 0 saturated carbocycles. The van der Waals surface area contributed by atoms with Gasteiger partial charge in [0.05, 0.1) is 17.2 Å². The van der Waals surface area contributed by atoms with E-state index in [0.717, 1.165) is 0 Å². The number of alkyl halides is 1. The van der Waals surface area contributed by atoms with Gasteiger partial charge in [-0.2, -0.15) is 0 Å². The van der Waals surface area contributed by atoms with Crippen LogP contribution in [0.3, 0.4) is 0 Å². The zero-order valence-electron chi connectivity index (χ0n) is 8.15. The minimum absolute atomic E-state index is 0.106. The van der Waals surface area contributed by atoms with E-state index in [1.165, 1.54) is 12.1 Å². The van der Waals surface area contributed by atoms with Gasteiger partial charge in [-0.3, -0.25) is 14.5 Å². The third kappa shape index (κ3) is 2.21. The Morgan fingerprint density at radius 3 is 2.73 bits per heavy atom. The molecule has 0 aliphatic carbocycles. The largest absolute Gasteiger partial charge is 0.280 e. The van der Waals surface area contributed by atoms with Crippen LogP contribution in [0.15, 0.2) is 24.8 Å². The van der Waals surface area contributed by atoms with Crippen molar-refractivity contribution in [2.75, 3.05) is 6.67 Å². The zero-order chi connectivity index (χ0) is 11.4. The van der Waals surface area contributed by atoms with Crippen molar-refractivity contribution in [2.45, 2.75) is 5.92 Å². The maximum Gasteiger partial charge on any atom is 0.280 e. The van der Waals surface area contributed by atoms with Crippen LogP contribution in [0.5, 0.6) is 0 Å². The lowest BCUT2D eigenvalue weighted by Gasteiger charge is -2.09. The smallest absolute Gasteiger partial charge is 0.258 e. The van der Waals surface area contributed by atoms with Crippen LogP contribution in [0.4, 0.5) is 10.1 Å². The van der Waals surface area contributed by atoms with Gasteiger partial charge < -0.3 is 0 Å². The first kappa shape index (κ1) is 11.4. The lowest BCUT2D eigenvalue weighted by atomic mass is 9.97. The van der Waals surface area contributed by atoms with Gasteiger partial charge in [0.1, 0.15) is 0 Å². The molecule has 0 saturated heterocycles. The number of rotatable bonds is 4. The topological polar surface area (TPSA) is 43.1 Å². The second kappa shape index (κ2) is 4.68. The van der Waals surface area contributed by atoms with E-state index < -0.39 is 17.5 Å². The Balaban J connectivity index is 3.37. The SMILES string of the molecule is [CH2]C(CF)c1cccc(C=C)c1[N+](=O)[O-]. The third-order valence-corrected chi connectivity index (χ3v) is 2.13. The first-order chi connectivity index (χ1) is 7.11. The van der Waals surface area contributed by atoms with E-state index in [-0.39, 0.29) is 5.69 Å². The predicted molar refractivity (Wildman–Crippen MR) is 57.3 cm³/mol. The molecule has 4 heteroatoms. The fraction of sp³-hybridized carbons (Fsp3) is 0.182. The molecule has 3 nitrogen and oxygen atoms in total. The Morgan fingerprint density at radius 1 is 1.60 bits per heavy atom. The highest BCUT2D eigenvalue weighted by Gasteiger charge is 2.21. The van der Waals surface area contributed by atoms with Gasteiger partial charge in [0.15, 0.2) is 0 Å². The summed E-state index contributed by atoms with van der Waals surface area (Å²) in [5.74, 6) is -0.717. The van der Waals surface area contributed by atoms with Gasteiger partial charge in [0, 0.05) is 11.5 Å². The Morgan fingerprint density at radius 2 is 2.27 bits per heavy atom. The van der Waals surface area contributed by atoms with E-state index in [1.54, 1.807) is 12.1 Å². The summed E-state index contributed by atoms with van der Waals surface area (Å²) in [4.78, 5) is 10.3. The summed E-state index contributed by atoms with van der Waals surface area (Å²) in [5.41, 5.74) is 0.588. The molecule has 0 bridgehead atoms. The number of hydrogen-bond donors (Lipinski definition) is 0. The van der Waals surface area contributed by atoms with Crippen LogP contribution in [-0.2, 0) is 0 Å². The minimum Gasteiger partial charge on any atom is -0.258 e. The third-order valence-electron chi connectivity index (χ3n) is 2.13. The molecule has 1 radical (unpaired) electrons.